The van der Waals surface area contributed by atoms with Crippen molar-refractivity contribution in [2.24, 2.45) is 5.92 Å². The number of imide groups is 1. The Morgan fingerprint density at radius 1 is 1.11 bits per heavy atom. The largest absolute Gasteiger partial charge is 0.322 e. The molecule has 1 aromatic rings. The van der Waals surface area contributed by atoms with Crippen LogP contribution >= 0.6 is 0 Å². The van der Waals surface area contributed by atoms with Crippen molar-refractivity contribution in [3.63, 3.8) is 0 Å². The predicted molar refractivity (Wildman–Crippen MR) is 94.9 cm³/mol. The van der Waals surface area contributed by atoms with Gasteiger partial charge in [-0.3, -0.25) is 19.7 Å². The van der Waals surface area contributed by atoms with Gasteiger partial charge in [0.05, 0.1) is 5.56 Å². The van der Waals surface area contributed by atoms with E-state index in [0.29, 0.717) is 5.56 Å². The first-order valence-electron chi connectivity index (χ1n) is 9.22. The van der Waals surface area contributed by atoms with E-state index < -0.39 is 17.8 Å². The lowest BCUT2D eigenvalue weighted by Gasteiger charge is -2.29. The molecule has 140 valence electrons. The van der Waals surface area contributed by atoms with Crippen LogP contribution in [0.3, 0.4) is 0 Å². The molecule has 3 heterocycles. The van der Waals surface area contributed by atoms with Crippen LogP contribution in [0, 0.1) is 23.6 Å². The normalized spacial score (nSPS) is 22.9. The smallest absolute Gasteiger partial charge is 0.255 e. The number of carbonyl (C=O) groups is 3. The van der Waals surface area contributed by atoms with E-state index in [-0.39, 0.29) is 48.2 Å². The number of benzene rings is 1. The van der Waals surface area contributed by atoms with E-state index >= 15 is 0 Å². The molecule has 0 spiro atoms. The van der Waals surface area contributed by atoms with Crippen molar-refractivity contribution in [2.45, 2.75) is 38.3 Å². The third-order valence-electron chi connectivity index (χ3n) is 5.36. The van der Waals surface area contributed by atoms with Crippen molar-refractivity contribution >= 4 is 17.7 Å². The van der Waals surface area contributed by atoms with Gasteiger partial charge in [0.1, 0.15) is 11.9 Å². The number of piperidine rings is 2. The van der Waals surface area contributed by atoms with Crippen LogP contribution in [0.25, 0.3) is 0 Å². The van der Waals surface area contributed by atoms with E-state index in [1.165, 1.54) is 11.0 Å². The summed E-state index contributed by atoms with van der Waals surface area (Å²) in [5, 5.41) is 5.53. The summed E-state index contributed by atoms with van der Waals surface area (Å²) in [5.41, 5.74) is 1.22. The Hall–Kier alpha value is -2.72. The van der Waals surface area contributed by atoms with Crippen LogP contribution in [0.4, 0.5) is 4.39 Å². The summed E-state index contributed by atoms with van der Waals surface area (Å²) >= 11 is 0. The second-order valence-electron chi connectivity index (χ2n) is 7.18. The predicted octanol–water partition coefficient (Wildman–Crippen LogP) is 0.938. The fourth-order valence-corrected chi connectivity index (χ4v) is 3.83. The monoisotopic (exact) mass is 369 g/mol. The first-order valence-corrected chi connectivity index (χ1v) is 9.22. The number of rotatable bonds is 1. The van der Waals surface area contributed by atoms with Gasteiger partial charge in [-0.05, 0) is 50.0 Å². The molecule has 0 aliphatic carbocycles. The lowest BCUT2D eigenvalue weighted by Crippen LogP contribution is -2.52. The van der Waals surface area contributed by atoms with Crippen molar-refractivity contribution in [1.29, 1.82) is 0 Å². The molecule has 2 N–H and O–H groups in total. The molecule has 3 amide bonds. The lowest BCUT2D eigenvalue weighted by atomic mass is 9.98. The van der Waals surface area contributed by atoms with Crippen LogP contribution in [0.15, 0.2) is 12.1 Å². The summed E-state index contributed by atoms with van der Waals surface area (Å²) in [7, 11) is 0. The summed E-state index contributed by atoms with van der Waals surface area (Å²) in [6.45, 7) is 2.06. The van der Waals surface area contributed by atoms with Crippen LogP contribution < -0.4 is 10.6 Å². The zero-order valence-electron chi connectivity index (χ0n) is 14.8. The molecule has 4 rings (SSSR count). The number of nitrogens with one attached hydrogen (secondary N) is 2. The van der Waals surface area contributed by atoms with Crippen molar-refractivity contribution in [2.75, 3.05) is 13.1 Å². The second-order valence-corrected chi connectivity index (χ2v) is 7.18. The maximum Gasteiger partial charge on any atom is 0.255 e. The van der Waals surface area contributed by atoms with Gasteiger partial charge >= 0.3 is 0 Å². The van der Waals surface area contributed by atoms with Crippen molar-refractivity contribution in [1.82, 2.24) is 15.5 Å². The van der Waals surface area contributed by atoms with E-state index in [9.17, 15) is 18.8 Å². The minimum atomic E-state index is -0.699. The third kappa shape index (κ3) is 3.45. The molecular formula is C20H20FN3O3. The lowest BCUT2D eigenvalue weighted by molar-refractivity contribution is -0.136. The summed E-state index contributed by atoms with van der Waals surface area (Å²) in [5.74, 6) is 4.61. The number of amides is 3. The maximum absolute atomic E-state index is 14.5. The number of halogens is 1. The molecule has 0 radical (unpaired) electrons. The standard InChI is InChI=1S/C20H20FN3O3/c21-16-10-15-14(9-13(16)2-1-12-5-7-22-8-6-12)11-24(20(15)27)17-3-4-18(25)23-19(17)26/h9-10,12,17,22H,3-8,11H2,(H,23,25,26). The first-order chi connectivity index (χ1) is 13.0. The highest BCUT2D eigenvalue weighted by Crippen LogP contribution is 2.29. The van der Waals surface area contributed by atoms with Gasteiger partial charge in [0, 0.05) is 24.4 Å². The molecular weight excluding hydrogens is 349 g/mol. The summed E-state index contributed by atoms with van der Waals surface area (Å²) < 4.78 is 14.5. The number of hydrogen-bond donors (Lipinski definition) is 2. The number of carbonyl (C=O) groups excluding carboxylic acids is 3. The van der Waals surface area contributed by atoms with Gasteiger partial charge in [0.15, 0.2) is 0 Å². The molecule has 0 aromatic heterocycles. The Morgan fingerprint density at radius 2 is 1.89 bits per heavy atom. The summed E-state index contributed by atoms with van der Waals surface area (Å²) in [6.07, 6.45) is 2.37. The molecule has 2 fully saturated rings. The van der Waals surface area contributed by atoms with Gasteiger partial charge in [-0.15, -0.1) is 0 Å². The highest BCUT2D eigenvalue weighted by molar-refractivity contribution is 6.05. The maximum atomic E-state index is 14.5. The fraction of sp³-hybridized carbons (Fsp3) is 0.450. The van der Waals surface area contributed by atoms with E-state index in [0.717, 1.165) is 25.9 Å². The first kappa shape index (κ1) is 17.7. The molecule has 1 unspecified atom stereocenters. The molecule has 7 heteroatoms. The topological polar surface area (TPSA) is 78.5 Å². The van der Waals surface area contributed by atoms with Crippen LogP contribution in [-0.4, -0.2) is 41.8 Å². The van der Waals surface area contributed by atoms with Crippen molar-refractivity contribution < 1.29 is 18.8 Å². The number of fused-ring (bicyclic) bond motifs is 1. The zero-order valence-corrected chi connectivity index (χ0v) is 14.8. The third-order valence-corrected chi connectivity index (χ3v) is 5.36. The summed E-state index contributed by atoms with van der Waals surface area (Å²) in [6, 6.07) is 2.13. The van der Waals surface area contributed by atoms with Crippen LogP contribution in [0.5, 0.6) is 0 Å². The van der Waals surface area contributed by atoms with Crippen LogP contribution in [-0.2, 0) is 16.1 Å². The second kappa shape index (κ2) is 7.12. The Morgan fingerprint density at radius 3 is 2.63 bits per heavy atom. The van der Waals surface area contributed by atoms with Gasteiger partial charge < -0.3 is 10.2 Å². The van der Waals surface area contributed by atoms with Gasteiger partial charge in [0.2, 0.25) is 11.8 Å². The molecule has 1 aromatic carbocycles. The quantitative estimate of drug-likeness (QED) is 0.570. The van der Waals surface area contributed by atoms with Crippen molar-refractivity contribution in [3.05, 3.63) is 34.6 Å². The van der Waals surface area contributed by atoms with Crippen LogP contribution in [0.1, 0.15) is 47.2 Å². The van der Waals surface area contributed by atoms with Gasteiger partial charge in [0.25, 0.3) is 5.91 Å². The van der Waals surface area contributed by atoms with Crippen molar-refractivity contribution in [3.8, 4) is 11.8 Å². The Labute approximate surface area is 156 Å². The highest BCUT2D eigenvalue weighted by Gasteiger charge is 2.39. The average molecular weight is 369 g/mol. The Balaban J connectivity index is 1.56. The molecule has 2 saturated heterocycles. The average Bonchev–Trinajstić information content (AvgIpc) is 2.96. The molecule has 3 aliphatic rings. The number of hydrogen-bond acceptors (Lipinski definition) is 4. The SMILES string of the molecule is O=C1CCC(N2Cc3cc(C#CC4CCNCC4)c(F)cc3C2=O)C(=O)N1. The molecule has 0 bridgehead atoms. The minimum absolute atomic E-state index is 0.192. The highest BCUT2D eigenvalue weighted by atomic mass is 19.1. The molecule has 6 nitrogen and oxygen atoms in total. The number of nitrogens with zero attached hydrogens (tertiary/aromatic N) is 1. The zero-order chi connectivity index (χ0) is 19.0. The molecule has 27 heavy (non-hydrogen) atoms. The van der Waals surface area contributed by atoms with Gasteiger partial charge in [-0.2, -0.15) is 0 Å². The van der Waals surface area contributed by atoms with Crippen LogP contribution in [0.2, 0.25) is 0 Å². The van der Waals surface area contributed by atoms with E-state index in [1.54, 1.807) is 6.07 Å². The molecule has 0 saturated carbocycles. The minimum Gasteiger partial charge on any atom is -0.322 e. The van der Waals surface area contributed by atoms with Gasteiger partial charge in [-0.1, -0.05) is 11.8 Å². The van der Waals surface area contributed by atoms with E-state index in [1.807, 2.05) is 0 Å². The molecule has 3 aliphatic heterocycles. The van der Waals surface area contributed by atoms with E-state index in [4.69, 9.17) is 0 Å². The van der Waals surface area contributed by atoms with E-state index in [2.05, 4.69) is 22.5 Å². The fourth-order valence-electron chi connectivity index (χ4n) is 3.83. The Bertz CT molecular complexity index is 880. The Kier molecular flexibility index (Phi) is 4.66. The summed E-state index contributed by atoms with van der Waals surface area (Å²) in [4.78, 5) is 37.4. The molecule has 1 atom stereocenters. The van der Waals surface area contributed by atoms with Gasteiger partial charge in [-0.25, -0.2) is 4.39 Å².